The number of fused-ring (bicyclic) bond motifs is 12. The van der Waals surface area contributed by atoms with E-state index in [2.05, 4.69) is 394 Å². The summed E-state index contributed by atoms with van der Waals surface area (Å²) in [6, 6.07) is 170. The topological polar surface area (TPSA) is 125 Å². The van der Waals surface area contributed by atoms with E-state index in [0.717, 1.165) is 168 Å². The third-order valence-electron chi connectivity index (χ3n) is 28.4. The molecule has 0 saturated heterocycles. The second kappa shape index (κ2) is 38.9. The van der Waals surface area contributed by atoms with E-state index in [1.807, 2.05) is 194 Å². The minimum Gasteiger partial charge on any atom is -0.453 e. The lowest BCUT2D eigenvalue weighted by Crippen LogP contribution is -2.58. The lowest BCUT2D eigenvalue weighted by atomic mass is 9.73. The first-order chi connectivity index (χ1) is 72.8. The van der Waals surface area contributed by atoms with Crippen LogP contribution < -0.4 is 34.7 Å². The molecule has 0 saturated carbocycles. The summed E-state index contributed by atoms with van der Waals surface area (Å²) >= 11 is 1.83. The van der Waals surface area contributed by atoms with E-state index in [0.29, 0.717) is 0 Å². The zero-order chi connectivity index (χ0) is 99.2. The molecule has 0 atom stereocenters. The van der Waals surface area contributed by atoms with Crippen LogP contribution >= 0.6 is 11.8 Å². The molecule has 0 amide bonds. The summed E-state index contributed by atoms with van der Waals surface area (Å²) in [6.07, 6.45) is 7.61. The van der Waals surface area contributed by atoms with E-state index in [1.54, 1.807) is 0 Å². The summed E-state index contributed by atoms with van der Waals surface area (Å²) in [7, 11) is -1.78. The predicted molar refractivity (Wildman–Crippen MR) is 613 cm³/mol. The van der Waals surface area contributed by atoms with Crippen molar-refractivity contribution in [3.63, 3.8) is 0 Å². The molecule has 28 rings (SSSR count). The van der Waals surface area contributed by atoms with E-state index in [9.17, 15) is 0 Å². The summed E-state index contributed by atoms with van der Waals surface area (Å²) in [5, 5.41) is 7.09. The van der Waals surface area contributed by atoms with Gasteiger partial charge in [-0.25, -0.2) is 39.9 Å². The fourth-order valence-electron chi connectivity index (χ4n) is 20.8. The van der Waals surface area contributed by atoms with Gasteiger partial charge in [0.1, 0.15) is 8.07 Å². The van der Waals surface area contributed by atoms with Crippen molar-refractivity contribution in [2.24, 2.45) is 0 Å². The number of aromatic nitrogens is 8. The molecular formula is C133H96N12OSSi. The van der Waals surface area contributed by atoms with Gasteiger partial charge in [-0.2, -0.15) is 0 Å². The van der Waals surface area contributed by atoms with Crippen LogP contribution in [-0.4, -0.2) is 47.9 Å². The van der Waals surface area contributed by atoms with Crippen LogP contribution in [0.1, 0.15) is 25.0 Å². The second-order valence-corrected chi connectivity index (χ2v) is 43.7. The average Bonchev–Trinajstić information content (AvgIpc) is 0.727. The highest BCUT2D eigenvalue weighted by molar-refractivity contribution is 7.99. The number of hydrogen-bond donors (Lipinski definition) is 0. The lowest BCUT2D eigenvalue weighted by Gasteiger charge is -2.42. The minimum absolute atomic E-state index is 0.0603. The number of para-hydroxylation sites is 10. The van der Waals surface area contributed by atoms with Gasteiger partial charge in [0.25, 0.3) is 0 Å². The Labute approximate surface area is 864 Å². The molecule has 704 valence electrons. The van der Waals surface area contributed by atoms with E-state index < -0.39 is 8.07 Å². The molecule has 8 heterocycles. The van der Waals surface area contributed by atoms with Crippen molar-refractivity contribution < 1.29 is 4.74 Å². The van der Waals surface area contributed by atoms with Crippen LogP contribution in [0.5, 0.6) is 11.5 Å². The van der Waals surface area contributed by atoms with Crippen molar-refractivity contribution in [2.75, 3.05) is 19.6 Å². The van der Waals surface area contributed by atoms with Gasteiger partial charge in [0.15, 0.2) is 34.8 Å². The largest absolute Gasteiger partial charge is 0.453 e. The van der Waals surface area contributed by atoms with Crippen molar-refractivity contribution in [3.05, 3.63) is 521 Å². The molecule has 4 aliphatic heterocycles. The van der Waals surface area contributed by atoms with Crippen LogP contribution in [0, 0.1) is 0 Å². The minimum atomic E-state index is -1.78. The van der Waals surface area contributed by atoms with E-state index in [-0.39, 0.29) is 5.41 Å². The maximum absolute atomic E-state index is 6.15. The van der Waals surface area contributed by atoms with E-state index >= 15 is 0 Å². The molecule has 148 heavy (non-hydrogen) atoms. The molecule has 0 spiro atoms. The molecular weight excluding hydrogens is 1840 g/mol. The Morgan fingerprint density at radius 2 is 0.453 bits per heavy atom. The highest BCUT2D eigenvalue weighted by Gasteiger charge is 2.40. The van der Waals surface area contributed by atoms with Gasteiger partial charge in [0.2, 0.25) is 0 Å². The van der Waals surface area contributed by atoms with Crippen LogP contribution in [0.3, 0.4) is 0 Å². The fraction of sp³-hybridized carbons (Fsp3) is 0.0376. The molecule has 24 aromatic rings. The van der Waals surface area contributed by atoms with Gasteiger partial charge < -0.3 is 24.3 Å². The zero-order valence-corrected chi connectivity index (χ0v) is 83.5. The van der Waals surface area contributed by atoms with Crippen LogP contribution in [0.2, 0.25) is 13.1 Å². The molecule has 13 nitrogen and oxygen atoms in total. The quantitative estimate of drug-likeness (QED) is 0.108. The highest BCUT2D eigenvalue weighted by Crippen LogP contribution is 2.56. The van der Waals surface area contributed by atoms with Crippen LogP contribution in [-0.2, 0) is 5.41 Å². The third kappa shape index (κ3) is 17.4. The summed E-state index contributed by atoms with van der Waals surface area (Å²) < 4.78 is 6.15. The normalized spacial score (nSPS) is 12.9. The number of hydrogen-bond acceptors (Lipinski definition) is 14. The van der Waals surface area contributed by atoms with Gasteiger partial charge in [-0.1, -0.05) is 378 Å². The first-order valence-electron chi connectivity index (χ1n) is 49.9. The van der Waals surface area contributed by atoms with Crippen molar-refractivity contribution >= 4 is 142 Å². The zero-order valence-electron chi connectivity index (χ0n) is 81.7. The number of anilines is 12. The number of nitrogens with zero attached hydrogens (tertiary/aromatic N) is 12. The Kier molecular flexibility index (Phi) is 23.8. The smallest absolute Gasteiger partial charge is 0.159 e. The first kappa shape index (κ1) is 90.6. The fourth-order valence-corrected chi connectivity index (χ4v) is 24.8. The van der Waals surface area contributed by atoms with Crippen molar-refractivity contribution in [3.8, 4) is 102 Å². The first-order valence-corrected chi connectivity index (χ1v) is 53.7. The molecule has 4 aromatic heterocycles. The Bertz CT molecular complexity index is 8410. The Morgan fingerprint density at radius 1 is 0.216 bits per heavy atom. The standard InChI is InChI=1S/C35H27N3.C34H27N3Si.C32H21N3O.C32H21N3S/c1-35(2)29-12-6-8-14-32(29)38(33-15-9-7-13-30(33)35)28-20-18-24(19-21-28)26-16-17-27-23-36-34(37-31(27)22-26)25-10-4-3-5-11-25;1-38(2)32-14-8-6-12-30(32)37(31-13-7-9-15-33(31)38)28-20-18-24(19-21-28)26-16-17-27-23-35-34(36-29(27)22-26)25-10-4-3-5-11-25;2*1-2-8-23(9-3-1)32-33-21-25-15-14-24(20-27(25)34-32)22-16-18-26(19-17-22)35-28-10-4-6-12-30(28)36-31-13-7-5-11-29(31)35/h2*3-23H,1-2H3;2*1-21H. The highest BCUT2D eigenvalue weighted by atomic mass is 32.2. The summed E-state index contributed by atoms with van der Waals surface area (Å²) in [5.41, 5.74) is 33.8. The molecule has 0 aliphatic carbocycles. The number of benzene rings is 20. The second-order valence-electron chi connectivity index (χ2n) is 38.3. The maximum atomic E-state index is 6.15. The van der Waals surface area contributed by atoms with Gasteiger partial charge >= 0.3 is 0 Å². The summed E-state index contributed by atoms with van der Waals surface area (Å²) in [5.74, 6) is 4.68. The van der Waals surface area contributed by atoms with Gasteiger partial charge in [-0.05, 0) is 212 Å². The van der Waals surface area contributed by atoms with Gasteiger partial charge in [-0.3, -0.25) is 0 Å². The third-order valence-corrected chi connectivity index (χ3v) is 33.1. The van der Waals surface area contributed by atoms with Crippen LogP contribution in [0.15, 0.2) is 520 Å². The van der Waals surface area contributed by atoms with Crippen LogP contribution in [0.4, 0.5) is 68.2 Å². The molecule has 20 aromatic carbocycles. The van der Waals surface area contributed by atoms with Gasteiger partial charge in [0.05, 0.1) is 56.2 Å². The molecule has 0 bridgehead atoms. The SMILES string of the molecule is CC1(C)c2ccccc2N(c2ccc(-c3ccc4cnc(-c5ccccc5)nc4c3)cc2)c2ccccc21.C[Si]1(C)c2ccccc2N(c2ccc(-c3ccc4cnc(-c5ccccc5)nc4c3)cc2)c2ccccc21.c1ccc(-c2ncc3ccc(-c4ccc(N5c6ccccc6Oc6ccccc65)cc4)cc3n2)cc1.c1ccc(-c2ncc3ccc(-c4ccc(N5c6ccccc6Sc6ccccc65)cc4)cc3n2)cc1. The van der Waals surface area contributed by atoms with Crippen LogP contribution in [0.25, 0.3) is 134 Å². The monoisotopic (exact) mass is 1940 g/mol. The van der Waals surface area contributed by atoms with E-state index in [4.69, 9.17) is 24.7 Å². The Balaban J connectivity index is 0.000000103. The maximum Gasteiger partial charge on any atom is 0.159 e. The van der Waals surface area contributed by atoms with Crippen molar-refractivity contribution in [1.82, 2.24) is 39.9 Å². The molecule has 0 N–H and O–H groups in total. The molecule has 15 heteroatoms. The van der Waals surface area contributed by atoms with Crippen molar-refractivity contribution in [1.29, 1.82) is 0 Å². The lowest BCUT2D eigenvalue weighted by molar-refractivity contribution is 0.477. The number of ether oxygens (including phenoxy) is 1. The average molecular weight is 1940 g/mol. The molecule has 0 fully saturated rings. The molecule has 0 unspecified atom stereocenters. The Morgan fingerprint density at radius 3 is 0.770 bits per heavy atom. The van der Waals surface area contributed by atoms with Gasteiger partial charge in [0, 0.05) is 118 Å². The van der Waals surface area contributed by atoms with Gasteiger partial charge in [-0.15, -0.1) is 0 Å². The van der Waals surface area contributed by atoms with Crippen molar-refractivity contribution in [2.45, 2.75) is 42.1 Å². The predicted octanol–water partition coefficient (Wildman–Crippen LogP) is 34.1. The number of rotatable bonds is 12. The summed E-state index contributed by atoms with van der Waals surface area (Å²) in [4.78, 5) is 49.6. The molecule has 0 radical (unpaired) electrons. The molecule has 4 aliphatic rings. The Hall–Kier alpha value is -18.7. The summed E-state index contributed by atoms with van der Waals surface area (Å²) in [6.45, 7) is 9.55. The van der Waals surface area contributed by atoms with E-state index in [1.165, 1.54) is 76.7 Å².